The number of thiophene rings is 1. The standard InChI is InChI=1S/C12H9FN2OS2/c13-9-5-7(11(14)17)1-2-10(9)15-12(16)8-3-4-18-6-8/h1-6H,(H2,14,17)(H,15,16). The van der Waals surface area contributed by atoms with E-state index in [2.05, 4.69) is 5.32 Å². The van der Waals surface area contributed by atoms with Gasteiger partial charge in [0, 0.05) is 10.9 Å². The lowest BCUT2D eigenvalue weighted by molar-refractivity contribution is 0.102. The van der Waals surface area contributed by atoms with E-state index in [-0.39, 0.29) is 16.6 Å². The van der Waals surface area contributed by atoms with Crippen LogP contribution in [0.2, 0.25) is 0 Å². The monoisotopic (exact) mass is 280 g/mol. The van der Waals surface area contributed by atoms with Crippen LogP contribution in [0.1, 0.15) is 15.9 Å². The SMILES string of the molecule is NC(=S)c1ccc(NC(=O)c2ccsc2)c(F)c1. The van der Waals surface area contributed by atoms with Crippen molar-refractivity contribution < 1.29 is 9.18 Å². The van der Waals surface area contributed by atoms with Crippen LogP contribution in [-0.2, 0) is 0 Å². The summed E-state index contributed by atoms with van der Waals surface area (Å²) in [5, 5.41) is 5.96. The molecule has 3 nitrogen and oxygen atoms in total. The maximum atomic E-state index is 13.7. The minimum absolute atomic E-state index is 0.103. The van der Waals surface area contributed by atoms with Gasteiger partial charge >= 0.3 is 0 Å². The van der Waals surface area contributed by atoms with Gasteiger partial charge < -0.3 is 11.1 Å². The number of nitrogens with one attached hydrogen (secondary N) is 1. The number of anilines is 1. The Morgan fingerprint density at radius 1 is 1.33 bits per heavy atom. The van der Waals surface area contributed by atoms with Crippen molar-refractivity contribution in [2.45, 2.75) is 0 Å². The Labute approximate surface area is 112 Å². The molecule has 2 rings (SSSR count). The molecule has 92 valence electrons. The lowest BCUT2D eigenvalue weighted by Crippen LogP contribution is -2.14. The minimum atomic E-state index is -0.566. The van der Waals surface area contributed by atoms with Gasteiger partial charge in [-0.2, -0.15) is 11.3 Å². The van der Waals surface area contributed by atoms with Crippen LogP contribution in [0.5, 0.6) is 0 Å². The quantitative estimate of drug-likeness (QED) is 0.850. The van der Waals surface area contributed by atoms with E-state index in [1.807, 2.05) is 0 Å². The Morgan fingerprint density at radius 3 is 2.67 bits per heavy atom. The lowest BCUT2D eigenvalue weighted by atomic mass is 10.2. The lowest BCUT2D eigenvalue weighted by Gasteiger charge is -2.06. The number of rotatable bonds is 3. The van der Waals surface area contributed by atoms with Crippen molar-refractivity contribution >= 4 is 40.1 Å². The average Bonchev–Trinajstić information content (AvgIpc) is 2.85. The molecule has 0 fully saturated rings. The van der Waals surface area contributed by atoms with Crippen LogP contribution in [0, 0.1) is 5.82 Å². The van der Waals surface area contributed by atoms with Crippen molar-refractivity contribution in [3.05, 3.63) is 52.0 Å². The van der Waals surface area contributed by atoms with Crippen molar-refractivity contribution in [1.29, 1.82) is 0 Å². The first kappa shape index (κ1) is 12.7. The predicted octanol–water partition coefficient (Wildman–Crippen LogP) is 2.77. The van der Waals surface area contributed by atoms with E-state index < -0.39 is 5.82 Å². The number of halogens is 1. The van der Waals surface area contributed by atoms with Gasteiger partial charge in [-0.25, -0.2) is 4.39 Å². The highest BCUT2D eigenvalue weighted by molar-refractivity contribution is 7.80. The molecule has 0 aliphatic rings. The van der Waals surface area contributed by atoms with Gasteiger partial charge in [0.25, 0.3) is 5.91 Å². The Morgan fingerprint density at radius 2 is 2.11 bits per heavy atom. The molecular formula is C12H9FN2OS2. The first-order valence-electron chi connectivity index (χ1n) is 5.01. The number of benzene rings is 1. The fourth-order valence-corrected chi connectivity index (χ4v) is 2.12. The number of hydrogen-bond donors (Lipinski definition) is 2. The van der Waals surface area contributed by atoms with Gasteiger partial charge in [0.15, 0.2) is 0 Å². The normalized spacial score (nSPS) is 10.1. The van der Waals surface area contributed by atoms with Crippen molar-refractivity contribution in [1.82, 2.24) is 0 Å². The van der Waals surface area contributed by atoms with Crippen LogP contribution in [0.25, 0.3) is 0 Å². The van der Waals surface area contributed by atoms with E-state index in [0.29, 0.717) is 11.1 Å². The van der Waals surface area contributed by atoms with Crippen LogP contribution >= 0.6 is 23.6 Å². The fraction of sp³-hybridized carbons (Fsp3) is 0. The highest BCUT2D eigenvalue weighted by Crippen LogP contribution is 2.17. The summed E-state index contributed by atoms with van der Waals surface area (Å²) < 4.78 is 13.7. The van der Waals surface area contributed by atoms with Gasteiger partial charge in [-0.05, 0) is 29.6 Å². The van der Waals surface area contributed by atoms with Gasteiger partial charge in [-0.3, -0.25) is 4.79 Å². The third kappa shape index (κ3) is 2.72. The molecule has 0 atom stereocenters. The topological polar surface area (TPSA) is 55.1 Å². The number of carbonyl (C=O) groups excluding carboxylic acids is 1. The zero-order valence-corrected chi connectivity index (χ0v) is 10.8. The highest BCUT2D eigenvalue weighted by Gasteiger charge is 2.10. The molecule has 3 N–H and O–H groups in total. The van der Waals surface area contributed by atoms with Gasteiger partial charge in [0.1, 0.15) is 10.8 Å². The molecule has 0 saturated carbocycles. The first-order chi connectivity index (χ1) is 8.58. The molecule has 0 radical (unpaired) electrons. The zero-order chi connectivity index (χ0) is 13.1. The summed E-state index contributed by atoms with van der Waals surface area (Å²) in [6.07, 6.45) is 0. The third-order valence-electron chi connectivity index (χ3n) is 2.29. The molecule has 1 aromatic heterocycles. The van der Waals surface area contributed by atoms with E-state index in [1.54, 1.807) is 22.9 Å². The number of hydrogen-bond acceptors (Lipinski definition) is 3. The predicted molar refractivity (Wildman–Crippen MR) is 74.6 cm³/mol. The molecule has 0 spiro atoms. The third-order valence-corrected chi connectivity index (χ3v) is 3.20. The Hall–Kier alpha value is -1.79. The molecule has 0 unspecified atom stereocenters. The molecule has 18 heavy (non-hydrogen) atoms. The number of carbonyl (C=O) groups is 1. The van der Waals surface area contributed by atoms with Crippen LogP contribution in [-0.4, -0.2) is 10.9 Å². The van der Waals surface area contributed by atoms with Crippen LogP contribution < -0.4 is 11.1 Å². The molecule has 0 saturated heterocycles. The molecule has 1 heterocycles. The summed E-state index contributed by atoms with van der Waals surface area (Å²) in [6, 6.07) is 5.87. The second-order valence-corrected chi connectivity index (χ2v) is 4.74. The van der Waals surface area contributed by atoms with E-state index >= 15 is 0 Å². The molecule has 6 heteroatoms. The molecule has 2 aromatic rings. The summed E-state index contributed by atoms with van der Waals surface area (Å²) in [5.41, 5.74) is 6.42. The van der Waals surface area contributed by atoms with Crippen molar-refractivity contribution in [3.63, 3.8) is 0 Å². The van der Waals surface area contributed by atoms with Gasteiger partial charge in [-0.1, -0.05) is 12.2 Å². The summed E-state index contributed by atoms with van der Waals surface area (Å²) in [7, 11) is 0. The second-order valence-electron chi connectivity index (χ2n) is 3.53. The fourth-order valence-electron chi connectivity index (χ4n) is 1.36. The summed E-state index contributed by atoms with van der Waals surface area (Å²) in [4.78, 5) is 11.8. The van der Waals surface area contributed by atoms with Crippen molar-refractivity contribution in [3.8, 4) is 0 Å². The molecule has 0 bridgehead atoms. The van der Waals surface area contributed by atoms with Gasteiger partial charge in [0.05, 0.1) is 11.3 Å². The average molecular weight is 280 g/mol. The summed E-state index contributed by atoms with van der Waals surface area (Å²) in [6.45, 7) is 0. The molecule has 1 amide bonds. The van der Waals surface area contributed by atoms with Crippen LogP contribution in [0.15, 0.2) is 35.0 Å². The van der Waals surface area contributed by atoms with E-state index in [4.69, 9.17) is 18.0 Å². The maximum Gasteiger partial charge on any atom is 0.256 e. The smallest absolute Gasteiger partial charge is 0.256 e. The zero-order valence-electron chi connectivity index (χ0n) is 9.14. The Bertz CT molecular complexity index is 596. The largest absolute Gasteiger partial charge is 0.389 e. The first-order valence-corrected chi connectivity index (χ1v) is 6.36. The maximum absolute atomic E-state index is 13.7. The van der Waals surface area contributed by atoms with Crippen LogP contribution in [0.3, 0.4) is 0 Å². The molecule has 1 aromatic carbocycles. The van der Waals surface area contributed by atoms with Crippen molar-refractivity contribution in [2.24, 2.45) is 5.73 Å². The molecular weight excluding hydrogens is 271 g/mol. The van der Waals surface area contributed by atoms with Gasteiger partial charge in [-0.15, -0.1) is 0 Å². The molecule has 0 aliphatic carbocycles. The van der Waals surface area contributed by atoms with Gasteiger partial charge in [0.2, 0.25) is 0 Å². The van der Waals surface area contributed by atoms with Crippen molar-refractivity contribution in [2.75, 3.05) is 5.32 Å². The Balaban J connectivity index is 2.20. The number of nitrogens with two attached hydrogens (primary N) is 1. The second kappa shape index (κ2) is 5.24. The number of amides is 1. The Kier molecular flexibility index (Phi) is 3.69. The minimum Gasteiger partial charge on any atom is -0.389 e. The van der Waals surface area contributed by atoms with E-state index in [9.17, 15) is 9.18 Å². The summed E-state index contributed by atoms with van der Waals surface area (Å²) >= 11 is 6.14. The number of thiocarbonyl (C=S) groups is 1. The van der Waals surface area contributed by atoms with E-state index in [0.717, 1.165) is 0 Å². The van der Waals surface area contributed by atoms with E-state index in [1.165, 1.54) is 23.5 Å². The summed E-state index contributed by atoms with van der Waals surface area (Å²) in [5.74, 6) is -0.915. The molecule has 0 aliphatic heterocycles. The van der Waals surface area contributed by atoms with Crippen LogP contribution in [0.4, 0.5) is 10.1 Å². The highest BCUT2D eigenvalue weighted by atomic mass is 32.1.